The van der Waals surface area contributed by atoms with Gasteiger partial charge in [0, 0.05) is 0 Å². The summed E-state index contributed by atoms with van der Waals surface area (Å²) in [6.07, 6.45) is 0. The number of rotatable bonds is 1. The molecule has 0 aliphatic heterocycles. The Labute approximate surface area is 63.0 Å². The number of hydrogen-bond donors (Lipinski definition) is 0. The SMILES string of the molecule is C[Si](C)(C)C12C3C4C3C1C42. The van der Waals surface area contributed by atoms with Gasteiger partial charge < -0.3 is 0 Å². The Morgan fingerprint density at radius 3 is 1.60 bits per heavy atom. The zero-order valence-electron chi connectivity index (χ0n) is 6.89. The molecule has 0 radical (unpaired) electrons. The molecule has 0 bridgehead atoms. The second-order valence-electron chi connectivity index (χ2n) is 5.92. The molecule has 5 aliphatic rings. The summed E-state index contributed by atoms with van der Waals surface area (Å²) in [6.45, 7) is 7.76. The Morgan fingerprint density at radius 2 is 1.40 bits per heavy atom. The van der Waals surface area contributed by atoms with E-state index < -0.39 is 8.07 Å². The predicted molar refractivity (Wildman–Crippen MR) is 43.5 cm³/mol. The molecular formula is C9H14Si. The van der Waals surface area contributed by atoms with Gasteiger partial charge in [-0.2, -0.15) is 0 Å². The standard InChI is InChI=1S/C9H14Si/c1-10(2,3)9-6-4-5(6)8(9)7(4)9/h4-8H,1-3H3. The maximum Gasteiger partial charge on any atom is 0.0516 e. The van der Waals surface area contributed by atoms with Gasteiger partial charge in [-0.05, 0) is 34.6 Å². The van der Waals surface area contributed by atoms with Crippen molar-refractivity contribution in [2.24, 2.45) is 29.6 Å². The van der Waals surface area contributed by atoms with E-state index in [-0.39, 0.29) is 0 Å². The van der Waals surface area contributed by atoms with Crippen LogP contribution in [0.5, 0.6) is 0 Å². The smallest absolute Gasteiger partial charge is 0.0516 e. The molecule has 0 spiro atoms. The van der Waals surface area contributed by atoms with E-state index in [1.165, 1.54) is 29.6 Å². The fourth-order valence-electron chi connectivity index (χ4n) is 5.06. The van der Waals surface area contributed by atoms with Gasteiger partial charge in [-0.25, -0.2) is 0 Å². The quantitative estimate of drug-likeness (QED) is 0.503. The highest BCUT2D eigenvalue weighted by Crippen LogP contribution is 3.13. The second kappa shape index (κ2) is 0.840. The summed E-state index contributed by atoms with van der Waals surface area (Å²) in [5.41, 5.74) is 0. The minimum Gasteiger partial charge on any atom is -0.0691 e. The Kier molecular flexibility index (Phi) is 0.417. The Balaban J connectivity index is 1.85. The van der Waals surface area contributed by atoms with E-state index in [2.05, 4.69) is 19.6 Å². The summed E-state index contributed by atoms with van der Waals surface area (Å²) in [6, 6.07) is 0. The topological polar surface area (TPSA) is 0 Å². The van der Waals surface area contributed by atoms with Crippen molar-refractivity contribution in [2.75, 3.05) is 0 Å². The van der Waals surface area contributed by atoms with E-state index >= 15 is 0 Å². The van der Waals surface area contributed by atoms with Crippen LogP contribution < -0.4 is 0 Å². The molecule has 54 valence electrons. The normalized spacial score (nSPS) is 78.9. The van der Waals surface area contributed by atoms with Gasteiger partial charge in [0.15, 0.2) is 0 Å². The molecule has 0 amide bonds. The van der Waals surface area contributed by atoms with Crippen LogP contribution in [0.4, 0.5) is 0 Å². The van der Waals surface area contributed by atoms with E-state index in [9.17, 15) is 0 Å². The van der Waals surface area contributed by atoms with Crippen LogP contribution in [0.25, 0.3) is 0 Å². The van der Waals surface area contributed by atoms with E-state index in [1.54, 1.807) is 0 Å². The van der Waals surface area contributed by atoms with Crippen molar-refractivity contribution in [3.05, 3.63) is 0 Å². The van der Waals surface area contributed by atoms with Crippen LogP contribution in [0.1, 0.15) is 0 Å². The third-order valence-corrected chi connectivity index (χ3v) is 8.79. The first-order valence-corrected chi connectivity index (χ1v) is 8.12. The third kappa shape index (κ3) is 0.192. The first-order valence-electron chi connectivity index (χ1n) is 4.62. The summed E-state index contributed by atoms with van der Waals surface area (Å²) in [7, 11) is -0.716. The lowest BCUT2D eigenvalue weighted by molar-refractivity contribution is 0.434. The molecule has 0 heterocycles. The number of hydrogen-bond acceptors (Lipinski definition) is 0. The Bertz CT molecular complexity index is 220. The fourth-order valence-corrected chi connectivity index (χ4v) is 9.11. The fraction of sp³-hybridized carbons (Fsp3) is 1.00. The largest absolute Gasteiger partial charge is 0.0691 e. The van der Waals surface area contributed by atoms with Crippen molar-refractivity contribution >= 4 is 8.07 Å². The molecule has 0 nitrogen and oxygen atoms in total. The summed E-state index contributed by atoms with van der Waals surface area (Å²) < 4.78 is 0. The summed E-state index contributed by atoms with van der Waals surface area (Å²) in [5.74, 6) is 6.51. The summed E-state index contributed by atoms with van der Waals surface area (Å²) in [4.78, 5) is 0. The maximum atomic E-state index is 2.59. The molecule has 4 atom stereocenters. The lowest BCUT2D eigenvalue weighted by atomic mass is 9.99. The summed E-state index contributed by atoms with van der Waals surface area (Å²) >= 11 is 0. The van der Waals surface area contributed by atoms with Gasteiger partial charge in [0.05, 0.1) is 8.07 Å². The highest BCUT2D eigenvalue weighted by Gasteiger charge is 3.07. The van der Waals surface area contributed by atoms with Gasteiger partial charge >= 0.3 is 0 Å². The van der Waals surface area contributed by atoms with Crippen molar-refractivity contribution in [1.29, 1.82) is 0 Å². The minimum atomic E-state index is -0.716. The van der Waals surface area contributed by atoms with Gasteiger partial charge in [0.2, 0.25) is 0 Å². The van der Waals surface area contributed by atoms with Crippen molar-refractivity contribution in [2.45, 2.75) is 24.7 Å². The summed E-state index contributed by atoms with van der Waals surface area (Å²) in [5, 5.41) is 1.06. The Morgan fingerprint density at radius 1 is 0.900 bits per heavy atom. The molecule has 0 saturated heterocycles. The van der Waals surface area contributed by atoms with Crippen molar-refractivity contribution < 1.29 is 0 Å². The molecule has 4 unspecified atom stereocenters. The van der Waals surface area contributed by atoms with Crippen LogP contribution >= 0.6 is 0 Å². The van der Waals surface area contributed by atoms with Crippen LogP contribution in [-0.4, -0.2) is 8.07 Å². The first kappa shape index (κ1) is 4.97. The van der Waals surface area contributed by atoms with Crippen LogP contribution in [0, 0.1) is 29.6 Å². The first-order chi connectivity index (χ1) is 4.62. The lowest BCUT2D eigenvalue weighted by Gasteiger charge is -2.39. The zero-order valence-corrected chi connectivity index (χ0v) is 7.89. The van der Waals surface area contributed by atoms with Crippen LogP contribution in [0.2, 0.25) is 24.7 Å². The van der Waals surface area contributed by atoms with E-state index in [0.29, 0.717) is 0 Å². The van der Waals surface area contributed by atoms with Crippen LogP contribution in [-0.2, 0) is 0 Å². The molecule has 10 heavy (non-hydrogen) atoms. The molecule has 0 aromatic carbocycles. The average molecular weight is 150 g/mol. The average Bonchev–Trinajstić information content (AvgIpc) is 2.00. The molecule has 0 aromatic heterocycles. The van der Waals surface area contributed by atoms with Crippen molar-refractivity contribution in [1.82, 2.24) is 0 Å². The molecule has 1 heteroatoms. The predicted octanol–water partition coefficient (Wildman–Crippen LogP) is 2.20. The van der Waals surface area contributed by atoms with Gasteiger partial charge in [-0.3, -0.25) is 0 Å². The maximum absolute atomic E-state index is 2.59. The van der Waals surface area contributed by atoms with Gasteiger partial charge in [0.25, 0.3) is 0 Å². The molecule has 0 aromatic rings. The van der Waals surface area contributed by atoms with Gasteiger partial charge in [-0.1, -0.05) is 19.6 Å². The zero-order chi connectivity index (χ0) is 6.89. The van der Waals surface area contributed by atoms with E-state index in [0.717, 1.165) is 5.04 Å². The molecule has 5 fully saturated rings. The van der Waals surface area contributed by atoms with Crippen LogP contribution in [0.15, 0.2) is 0 Å². The third-order valence-electron chi connectivity index (χ3n) is 5.19. The highest BCUT2D eigenvalue weighted by molar-refractivity contribution is 6.81. The Hall–Kier alpha value is 0.217. The van der Waals surface area contributed by atoms with E-state index in [1.807, 2.05) is 0 Å². The van der Waals surface area contributed by atoms with Gasteiger partial charge in [-0.15, -0.1) is 0 Å². The van der Waals surface area contributed by atoms with Crippen molar-refractivity contribution in [3.63, 3.8) is 0 Å². The minimum absolute atomic E-state index is 0.716. The van der Waals surface area contributed by atoms with Crippen molar-refractivity contribution in [3.8, 4) is 0 Å². The van der Waals surface area contributed by atoms with Crippen LogP contribution in [0.3, 0.4) is 0 Å². The monoisotopic (exact) mass is 150 g/mol. The molecular weight excluding hydrogens is 136 g/mol. The lowest BCUT2D eigenvalue weighted by Crippen LogP contribution is -2.39. The highest BCUT2D eigenvalue weighted by atomic mass is 28.3. The van der Waals surface area contributed by atoms with E-state index in [4.69, 9.17) is 0 Å². The molecule has 0 N–H and O–H groups in total. The molecule has 5 rings (SSSR count). The molecule has 5 saturated carbocycles. The van der Waals surface area contributed by atoms with Gasteiger partial charge in [0.1, 0.15) is 0 Å². The second-order valence-corrected chi connectivity index (χ2v) is 11.3. The molecule has 5 aliphatic carbocycles.